The molecule has 0 aliphatic carbocycles. The van der Waals surface area contributed by atoms with Crippen LogP contribution in [0.15, 0.2) is 53.7 Å². The minimum Gasteiger partial charge on any atom is -0.496 e. The van der Waals surface area contributed by atoms with Crippen molar-refractivity contribution in [2.45, 2.75) is 37.2 Å². The molecule has 0 bridgehead atoms. The van der Waals surface area contributed by atoms with Gasteiger partial charge in [0.05, 0.1) is 25.5 Å². The van der Waals surface area contributed by atoms with Gasteiger partial charge in [-0.1, -0.05) is 30.0 Å². The monoisotopic (exact) mass is 470 g/mol. The van der Waals surface area contributed by atoms with Gasteiger partial charge in [0.1, 0.15) is 11.6 Å². The van der Waals surface area contributed by atoms with Gasteiger partial charge in [-0.05, 0) is 43.2 Å². The number of amides is 1. The summed E-state index contributed by atoms with van der Waals surface area (Å²) in [6.45, 7) is 1.79. The van der Waals surface area contributed by atoms with Crippen molar-refractivity contribution < 1.29 is 18.7 Å². The molecule has 9 heteroatoms. The number of hydrogen-bond donors (Lipinski definition) is 0. The zero-order valence-electron chi connectivity index (χ0n) is 18.7. The van der Waals surface area contributed by atoms with Gasteiger partial charge in [0.25, 0.3) is 0 Å². The smallest absolute Gasteiger partial charge is 0.233 e. The Labute approximate surface area is 196 Å². The van der Waals surface area contributed by atoms with E-state index in [1.807, 2.05) is 28.8 Å². The first-order valence-electron chi connectivity index (χ1n) is 10.8. The maximum atomic E-state index is 13.4. The highest BCUT2D eigenvalue weighted by atomic mass is 32.2. The highest BCUT2D eigenvalue weighted by Crippen LogP contribution is 2.27. The van der Waals surface area contributed by atoms with E-state index in [0.717, 1.165) is 36.3 Å². The molecule has 2 aromatic carbocycles. The van der Waals surface area contributed by atoms with E-state index in [2.05, 4.69) is 10.2 Å². The molecule has 1 amide bonds. The molecule has 1 atom stereocenters. The van der Waals surface area contributed by atoms with E-state index in [1.165, 1.54) is 23.9 Å². The second kappa shape index (κ2) is 10.8. The van der Waals surface area contributed by atoms with Gasteiger partial charge in [0, 0.05) is 31.3 Å². The van der Waals surface area contributed by atoms with Gasteiger partial charge >= 0.3 is 0 Å². The van der Waals surface area contributed by atoms with Gasteiger partial charge in [-0.3, -0.25) is 9.36 Å². The van der Waals surface area contributed by atoms with Crippen molar-refractivity contribution in [3.63, 3.8) is 0 Å². The van der Waals surface area contributed by atoms with Crippen LogP contribution in [0.25, 0.3) is 11.4 Å². The third kappa shape index (κ3) is 5.72. The lowest BCUT2D eigenvalue weighted by molar-refractivity contribution is -0.127. The Kier molecular flexibility index (Phi) is 7.61. The summed E-state index contributed by atoms with van der Waals surface area (Å²) in [6, 6.07) is 13.8. The number of thioether (sulfide) groups is 1. The summed E-state index contributed by atoms with van der Waals surface area (Å²) in [4.78, 5) is 14.5. The minimum atomic E-state index is -0.303. The number of benzene rings is 2. The summed E-state index contributed by atoms with van der Waals surface area (Å²) >= 11 is 1.34. The molecule has 1 aliphatic rings. The number of para-hydroxylation sites is 1. The molecule has 0 N–H and O–H groups in total. The number of nitrogens with zero attached hydrogens (tertiary/aromatic N) is 4. The summed E-state index contributed by atoms with van der Waals surface area (Å²) in [5.74, 6) is 1.29. The van der Waals surface area contributed by atoms with E-state index in [0.29, 0.717) is 24.1 Å². The number of methoxy groups -OCH3 is 1. The third-order valence-corrected chi connectivity index (χ3v) is 6.53. The lowest BCUT2D eigenvalue weighted by atomic mass is 10.2. The second-order valence-electron chi connectivity index (χ2n) is 7.91. The Bertz CT molecular complexity index is 1080. The molecular weight excluding hydrogens is 443 g/mol. The molecule has 0 saturated carbocycles. The first-order valence-corrected chi connectivity index (χ1v) is 11.8. The number of rotatable bonds is 9. The van der Waals surface area contributed by atoms with Gasteiger partial charge in [-0.15, -0.1) is 10.2 Å². The quantitative estimate of drug-likeness (QED) is 0.440. The van der Waals surface area contributed by atoms with Crippen LogP contribution in [0.5, 0.6) is 5.75 Å². The van der Waals surface area contributed by atoms with Gasteiger partial charge in [0.2, 0.25) is 5.91 Å². The maximum absolute atomic E-state index is 13.4. The SMILES string of the molecule is COc1ccccc1CN(C)C(=O)CSc1nnc(-c2ccc(F)cc2)n1CC1CCCO1. The molecular formula is C24H27FN4O3S. The molecule has 4 rings (SSSR count). The van der Waals surface area contributed by atoms with Crippen molar-refractivity contribution >= 4 is 17.7 Å². The molecule has 1 unspecified atom stereocenters. The minimum absolute atomic E-state index is 0.0269. The standard InChI is InChI=1S/C24H27FN4O3S/c1-28(14-18-6-3-4-8-21(18)31-2)22(30)16-33-24-27-26-23(17-9-11-19(25)12-10-17)29(24)15-20-7-5-13-32-20/h3-4,6,8-12,20H,5,7,13-16H2,1-2H3. The number of halogens is 1. The number of hydrogen-bond acceptors (Lipinski definition) is 6. The Balaban J connectivity index is 1.47. The first-order chi connectivity index (χ1) is 16.0. The molecule has 1 saturated heterocycles. The van der Waals surface area contributed by atoms with E-state index in [4.69, 9.17) is 9.47 Å². The third-order valence-electron chi connectivity index (χ3n) is 5.58. The normalized spacial score (nSPS) is 15.5. The molecule has 0 spiro atoms. The summed E-state index contributed by atoms with van der Waals surface area (Å²) in [5, 5.41) is 9.32. The Morgan fingerprint density at radius 3 is 2.76 bits per heavy atom. The van der Waals surface area contributed by atoms with E-state index in [9.17, 15) is 9.18 Å². The Hall–Kier alpha value is -2.91. The van der Waals surface area contributed by atoms with Crippen LogP contribution < -0.4 is 4.74 Å². The number of aromatic nitrogens is 3. The predicted molar refractivity (Wildman–Crippen MR) is 125 cm³/mol. The summed E-state index contributed by atoms with van der Waals surface area (Å²) in [7, 11) is 3.40. The van der Waals surface area contributed by atoms with Crippen molar-refractivity contribution in [2.75, 3.05) is 26.5 Å². The van der Waals surface area contributed by atoms with Gasteiger partial charge in [0.15, 0.2) is 11.0 Å². The molecule has 1 aliphatic heterocycles. The number of carbonyl (C=O) groups is 1. The van der Waals surface area contributed by atoms with Crippen LogP contribution in [0.4, 0.5) is 4.39 Å². The average Bonchev–Trinajstić information content (AvgIpc) is 3.49. The van der Waals surface area contributed by atoms with Crippen LogP contribution in [0.3, 0.4) is 0 Å². The first kappa shape index (κ1) is 23.3. The molecule has 0 radical (unpaired) electrons. The molecule has 3 aromatic rings. The lowest BCUT2D eigenvalue weighted by Crippen LogP contribution is -2.28. The van der Waals surface area contributed by atoms with E-state index in [1.54, 1.807) is 31.2 Å². The van der Waals surface area contributed by atoms with Crippen molar-refractivity contribution in [1.29, 1.82) is 0 Å². The van der Waals surface area contributed by atoms with E-state index >= 15 is 0 Å². The Morgan fingerprint density at radius 1 is 1.24 bits per heavy atom. The van der Waals surface area contributed by atoms with Gasteiger partial charge < -0.3 is 14.4 Å². The molecule has 1 fully saturated rings. The molecule has 2 heterocycles. The summed E-state index contributed by atoms with van der Waals surface area (Å²) in [6.07, 6.45) is 2.06. The van der Waals surface area contributed by atoms with Crippen LogP contribution in [-0.4, -0.2) is 58.2 Å². The fourth-order valence-corrected chi connectivity index (χ4v) is 4.67. The molecule has 174 valence electrons. The number of carbonyl (C=O) groups excluding carboxylic acids is 1. The molecule has 7 nitrogen and oxygen atoms in total. The van der Waals surface area contributed by atoms with Gasteiger partial charge in [-0.25, -0.2) is 4.39 Å². The molecule has 1 aromatic heterocycles. The summed E-state index contributed by atoms with van der Waals surface area (Å²) < 4.78 is 26.6. The average molecular weight is 471 g/mol. The van der Waals surface area contributed by atoms with Crippen molar-refractivity contribution in [3.05, 3.63) is 59.9 Å². The predicted octanol–water partition coefficient (Wildman–Crippen LogP) is 4.02. The lowest BCUT2D eigenvalue weighted by Gasteiger charge is -2.19. The highest BCUT2D eigenvalue weighted by molar-refractivity contribution is 7.99. The van der Waals surface area contributed by atoms with Crippen LogP contribution in [0.1, 0.15) is 18.4 Å². The summed E-state index contributed by atoms with van der Waals surface area (Å²) in [5.41, 5.74) is 1.72. The van der Waals surface area contributed by atoms with Crippen LogP contribution in [0.2, 0.25) is 0 Å². The van der Waals surface area contributed by atoms with Gasteiger partial charge in [-0.2, -0.15) is 0 Å². The van der Waals surface area contributed by atoms with E-state index < -0.39 is 0 Å². The van der Waals surface area contributed by atoms with Crippen LogP contribution in [0, 0.1) is 5.82 Å². The van der Waals surface area contributed by atoms with Crippen LogP contribution in [-0.2, 0) is 22.6 Å². The Morgan fingerprint density at radius 2 is 2.03 bits per heavy atom. The zero-order chi connectivity index (χ0) is 23.2. The van der Waals surface area contributed by atoms with Crippen LogP contribution >= 0.6 is 11.8 Å². The highest BCUT2D eigenvalue weighted by Gasteiger charge is 2.23. The topological polar surface area (TPSA) is 69.5 Å². The largest absolute Gasteiger partial charge is 0.496 e. The van der Waals surface area contributed by atoms with Crippen molar-refractivity contribution in [3.8, 4) is 17.1 Å². The number of ether oxygens (including phenoxy) is 2. The zero-order valence-corrected chi connectivity index (χ0v) is 19.6. The fourth-order valence-electron chi connectivity index (χ4n) is 3.78. The second-order valence-corrected chi connectivity index (χ2v) is 8.85. The van der Waals surface area contributed by atoms with E-state index in [-0.39, 0.29) is 23.6 Å². The van der Waals surface area contributed by atoms with Crippen molar-refractivity contribution in [2.24, 2.45) is 0 Å². The molecule has 33 heavy (non-hydrogen) atoms. The fraction of sp³-hybridized carbons (Fsp3) is 0.375. The van der Waals surface area contributed by atoms with Crippen molar-refractivity contribution in [1.82, 2.24) is 19.7 Å². The maximum Gasteiger partial charge on any atom is 0.233 e.